The monoisotopic (exact) mass is 178 g/mol. The molecule has 0 saturated carbocycles. The van der Waals surface area contributed by atoms with Gasteiger partial charge >= 0.3 is 0 Å². The molecule has 1 aromatic carbocycles. The molecule has 3 heteroatoms. The summed E-state index contributed by atoms with van der Waals surface area (Å²) in [5.74, 6) is 0.918. The van der Waals surface area contributed by atoms with Crippen molar-refractivity contribution < 1.29 is 4.74 Å². The summed E-state index contributed by atoms with van der Waals surface area (Å²) in [6.07, 6.45) is 0. The first kappa shape index (κ1) is 8.38. The van der Waals surface area contributed by atoms with Gasteiger partial charge in [-0.25, -0.2) is 0 Å². The zero-order valence-corrected chi connectivity index (χ0v) is 7.71. The van der Waals surface area contributed by atoms with Crippen molar-refractivity contribution in [2.75, 3.05) is 11.9 Å². The lowest BCUT2D eigenvalue weighted by Crippen LogP contribution is -2.28. The van der Waals surface area contributed by atoms with Crippen molar-refractivity contribution in [3.05, 3.63) is 23.8 Å². The molecule has 1 aromatic rings. The number of anilines is 1. The van der Waals surface area contributed by atoms with Gasteiger partial charge in [-0.3, -0.25) is 0 Å². The molecule has 1 unspecified atom stereocenters. The molecule has 0 aromatic heterocycles. The number of rotatable bonds is 1. The molecule has 70 valence electrons. The van der Waals surface area contributed by atoms with E-state index in [0.717, 1.165) is 23.6 Å². The van der Waals surface area contributed by atoms with Crippen molar-refractivity contribution in [1.29, 1.82) is 0 Å². The van der Waals surface area contributed by atoms with Crippen LogP contribution < -0.4 is 15.8 Å². The molecule has 2 rings (SSSR count). The van der Waals surface area contributed by atoms with E-state index >= 15 is 0 Å². The molecule has 3 nitrogen and oxygen atoms in total. The Morgan fingerprint density at radius 1 is 1.62 bits per heavy atom. The van der Waals surface area contributed by atoms with Crippen molar-refractivity contribution in [3.63, 3.8) is 0 Å². The van der Waals surface area contributed by atoms with Crippen LogP contribution in [0.2, 0.25) is 0 Å². The van der Waals surface area contributed by atoms with E-state index in [1.54, 1.807) is 0 Å². The highest BCUT2D eigenvalue weighted by Gasteiger charge is 2.14. The molecule has 1 aliphatic rings. The van der Waals surface area contributed by atoms with Crippen LogP contribution in [0.4, 0.5) is 5.69 Å². The zero-order chi connectivity index (χ0) is 9.26. The Balaban J connectivity index is 2.31. The highest BCUT2D eigenvalue weighted by molar-refractivity contribution is 5.59. The molecule has 0 amide bonds. The Bertz CT molecular complexity index is 312. The minimum absolute atomic E-state index is 0.385. The van der Waals surface area contributed by atoms with E-state index in [2.05, 4.69) is 12.2 Å². The first-order valence-corrected chi connectivity index (χ1v) is 4.52. The Labute approximate surface area is 77.9 Å². The van der Waals surface area contributed by atoms with Crippen LogP contribution in [0, 0.1) is 0 Å². The smallest absolute Gasteiger partial charge is 0.142 e. The normalized spacial score (nSPS) is 20.0. The molecule has 0 spiro atoms. The van der Waals surface area contributed by atoms with Gasteiger partial charge in [-0.15, -0.1) is 0 Å². The van der Waals surface area contributed by atoms with E-state index in [9.17, 15) is 0 Å². The standard InChI is InChI=1S/C10H14N2O/c1-7-6-13-10-4-8(5-11)2-3-9(10)12-7/h2-4,7,12H,5-6,11H2,1H3. The lowest BCUT2D eigenvalue weighted by Gasteiger charge is -2.25. The maximum atomic E-state index is 5.56. The number of hydrogen-bond donors (Lipinski definition) is 2. The highest BCUT2D eigenvalue weighted by Crippen LogP contribution is 2.29. The summed E-state index contributed by atoms with van der Waals surface area (Å²) >= 11 is 0. The summed E-state index contributed by atoms with van der Waals surface area (Å²) in [5.41, 5.74) is 7.71. The zero-order valence-electron chi connectivity index (χ0n) is 7.71. The average Bonchev–Trinajstić information content (AvgIpc) is 2.17. The third kappa shape index (κ3) is 1.60. The van der Waals surface area contributed by atoms with Crippen molar-refractivity contribution >= 4 is 5.69 Å². The Morgan fingerprint density at radius 2 is 2.46 bits per heavy atom. The van der Waals surface area contributed by atoms with Crippen LogP contribution in [0.5, 0.6) is 5.75 Å². The van der Waals surface area contributed by atoms with Gasteiger partial charge in [0.15, 0.2) is 0 Å². The van der Waals surface area contributed by atoms with Gasteiger partial charge in [-0.05, 0) is 24.6 Å². The maximum absolute atomic E-state index is 5.56. The van der Waals surface area contributed by atoms with Crippen LogP contribution in [0.3, 0.4) is 0 Å². The van der Waals surface area contributed by atoms with E-state index in [4.69, 9.17) is 10.5 Å². The molecule has 1 heterocycles. The highest BCUT2D eigenvalue weighted by atomic mass is 16.5. The SMILES string of the molecule is CC1COc2cc(CN)ccc2N1. The summed E-state index contributed by atoms with van der Waals surface area (Å²) in [6.45, 7) is 3.38. The predicted molar refractivity (Wildman–Crippen MR) is 52.9 cm³/mol. The van der Waals surface area contributed by atoms with Crippen molar-refractivity contribution in [2.45, 2.75) is 19.5 Å². The van der Waals surface area contributed by atoms with Crippen molar-refractivity contribution in [3.8, 4) is 5.75 Å². The third-order valence-electron chi connectivity index (χ3n) is 2.17. The van der Waals surface area contributed by atoms with E-state index in [0.29, 0.717) is 12.6 Å². The fourth-order valence-electron chi connectivity index (χ4n) is 1.45. The first-order valence-electron chi connectivity index (χ1n) is 4.52. The van der Waals surface area contributed by atoms with Gasteiger partial charge in [0.25, 0.3) is 0 Å². The maximum Gasteiger partial charge on any atom is 0.142 e. The topological polar surface area (TPSA) is 47.3 Å². The third-order valence-corrected chi connectivity index (χ3v) is 2.17. The summed E-state index contributed by atoms with van der Waals surface area (Å²) in [7, 11) is 0. The van der Waals surface area contributed by atoms with Crippen LogP contribution in [-0.4, -0.2) is 12.6 Å². The number of hydrogen-bond acceptors (Lipinski definition) is 3. The molecule has 0 bridgehead atoms. The van der Waals surface area contributed by atoms with Gasteiger partial charge in [-0.1, -0.05) is 6.07 Å². The summed E-state index contributed by atoms with van der Waals surface area (Å²) < 4.78 is 5.56. The van der Waals surface area contributed by atoms with Crippen molar-refractivity contribution in [2.24, 2.45) is 5.73 Å². The van der Waals surface area contributed by atoms with Crippen LogP contribution in [0.15, 0.2) is 18.2 Å². The number of nitrogens with one attached hydrogen (secondary N) is 1. The van der Waals surface area contributed by atoms with Gasteiger partial charge in [0.05, 0.1) is 11.7 Å². The second-order valence-electron chi connectivity index (χ2n) is 3.39. The Morgan fingerprint density at radius 3 is 3.23 bits per heavy atom. The second kappa shape index (κ2) is 3.26. The Kier molecular flexibility index (Phi) is 2.10. The van der Waals surface area contributed by atoms with Gasteiger partial charge in [0.1, 0.15) is 12.4 Å². The quantitative estimate of drug-likeness (QED) is 0.682. The number of ether oxygens (including phenoxy) is 1. The molecule has 0 fully saturated rings. The molecule has 3 N–H and O–H groups in total. The fraction of sp³-hybridized carbons (Fsp3) is 0.400. The molecule has 0 aliphatic carbocycles. The second-order valence-corrected chi connectivity index (χ2v) is 3.39. The minimum Gasteiger partial charge on any atom is -0.489 e. The molecular formula is C10H14N2O. The fourth-order valence-corrected chi connectivity index (χ4v) is 1.45. The van der Waals surface area contributed by atoms with Crippen molar-refractivity contribution in [1.82, 2.24) is 0 Å². The molecular weight excluding hydrogens is 164 g/mol. The van der Waals surface area contributed by atoms with E-state index in [1.165, 1.54) is 0 Å². The van der Waals surface area contributed by atoms with Gasteiger partial charge in [0, 0.05) is 6.54 Å². The lowest BCUT2D eigenvalue weighted by molar-refractivity contribution is 0.291. The van der Waals surface area contributed by atoms with Crippen LogP contribution >= 0.6 is 0 Å². The first-order chi connectivity index (χ1) is 6.29. The molecule has 13 heavy (non-hydrogen) atoms. The Hall–Kier alpha value is -1.22. The molecule has 1 aliphatic heterocycles. The largest absolute Gasteiger partial charge is 0.489 e. The lowest BCUT2D eigenvalue weighted by atomic mass is 10.1. The van der Waals surface area contributed by atoms with Gasteiger partial charge in [0.2, 0.25) is 0 Å². The molecule has 1 atom stereocenters. The number of fused-ring (bicyclic) bond motifs is 1. The molecule has 0 radical (unpaired) electrons. The number of benzene rings is 1. The average molecular weight is 178 g/mol. The number of nitrogens with two attached hydrogens (primary N) is 1. The van der Waals surface area contributed by atoms with Gasteiger partial charge < -0.3 is 15.8 Å². The molecule has 0 saturated heterocycles. The summed E-state index contributed by atoms with van der Waals surface area (Å²) in [5, 5.41) is 3.35. The minimum atomic E-state index is 0.385. The van der Waals surface area contributed by atoms with Crippen LogP contribution in [-0.2, 0) is 6.54 Å². The van der Waals surface area contributed by atoms with E-state index in [-0.39, 0.29) is 0 Å². The van der Waals surface area contributed by atoms with Crippen LogP contribution in [0.1, 0.15) is 12.5 Å². The predicted octanol–water partition coefficient (Wildman–Crippen LogP) is 1.34. The van der Waals surface area contributed by atoms with E-state index < -0.39 is 0 Å². The van der Waals surface area contributed by atoms with E-state index in [1.807, 2.05) is 18.2 Å². The van der Waals surface area contributed by atoms with Gasteiger partial charge in [-0.2, -0.15) is 0 Å². The summed E-state index contributed by atoms with van der Waals surface area (Å²) in [4.78, 5) is 0. The summed E-state index contributed by atoms with van der Waals surface area (Å²) in [6, 6.07) is 6.42. The van der Waals surface area contributed by atoms with Crippen LogP contribution in [0.25, 0.3) is 0 Å².